The monoisotopic (exact) mass is 238 g/mol. The first-order chi connectivity index (χ1) is 8.65. The van der Waals surface area contributed by atoms with Crippen molar-refractivity contribution in [1.29, 1.82) is 0 Å². The Kier molecular flexibility index (Phi) is 3.93. The second-order valence-electron chi connectivity index (χ2n) is 4.81. The average Bonchev–Trinajstić information content (AvgIpc) is 2.32. The molecule has 0 heterocycles. The summed E-state index contributed by atoms with van der Waals surface area (Å²) in [7, 11) is 0. The van der Waals surface area contributed by atoms with Gasteiger partial charge in [-0.05, 0) is 30.5 Å². The fourth-order valence-electron chi connectivity index (χ4n) is 2.13. The Hall–Kier alpha value is -1.89. The fraction of sp³-hybridized carbons (Fsp3) is 0.235. The number of ketones is 1. The summed E-state index contributed by atoms with van der Waals surface area (Å²) >= 11 is 0. The van der Waals surface area contributed by atoms with Crippen molar-refractivity contribution < 1.29 is 4.79 Å². The molecule has 1 nitrogen and oxygen atoms in total. The van der Waals surface area contributed by atoms with E-state index >= 15 is 0 Å². The van der Waals surface area contributed by atoms with E-state index in [1.165, 1.54) is 11.1 Å². The zero-order valence-electron chi connectivity index (χ0n) is 10.9. The molecule has 0 radical (unpaired) electrons. The Morgan fingerprint density at radius 1 is 0.944 bits per heavy atom. The second kappa shape index (κ2) is 5.63. The van der Waals surface area contributed by atoms with Crippen molar-refractivity contribution in [3.63, 3.8) is 0 Å². The molecule has 0 spiro atoms. The lowest BCUT2D eigenvalue weighted by Crippen LogP contribution is -2.07. The lowest BCUT2D eigenvalue weighted by Gasteiger charge is -2.05. The first-order valence-corrected chi connectivity index (χ1v) is 6.27. The van der Waals surface area contributed by atoms with Crippen molar-refractivity contribution >= 4 is 5.78 Å². The molecule has 0 fully saturated rings. The van der Waals surface area contributed by atoms with Crippen LogP contribution >= 0.6 is 0 Å². The van der Waals surface area contributed by atoms with Crippen molar-refractivity contribution in [1.82, 2.24) is 0 Å². The summed E-state index contributed by atoms with van der Waals surface area (Å²) in [6.07, 6.45) is 1.05. The van der Waals surface area contributed by atoms with E-state index in [2.05, 4.69) is 32.0 Å². The summed E-state index contributed by atoms with van der Waals surface area (Å²) < 4.78 is 0. The molecular weight excluding hydrogens is 220 g/mol. The van der Waals surface area contributed by atoms with Crippen molar-refractivity contribution in [3.8, 4) is 0 Å². The van der Waals surface area contributed by atoms with Gasteiger partial charge in [-0.15, -0.1) is 0 Å². The maximum absolute atomic E-state index is 12.0. The molecule has 0 unspecified atom stereocenters. The van der Waals surface area contributed by atoms with Gasteiger partial charge in [0.25, 0.3) is 0 Å². The molecule has 2 aromatic rings. The predicted molar refractivity (Wildman–Crippen MR) is 74.8 cm³/mol. The van der Waals surface area contributed by atoms with Crippen molar-refractivity contribution in [2.45, 2.75) is 26.7 Å². The van der Waals surface area contributed by atoms with E-state index < -0.39 is 0 Å². The molecule has 0 N–H and O–H groups in total. The largest absolute Gasteiger partial charge is 0.299 e. The fourth-order valence-corrected chi connectivity index (χ4v) is 2.13. The summed E-state index contributed by atoms with van der Waals surface area (Å²) in [6, 6.07) is 16.2. The molecule has 1 heteroatoms. The quantitative estimate of drug-likeness (QED) is 0.794. The van der Waals surface area contributed by atoms with Crippen LogP contribution in [0, 0.1) is 13.8 Å². The van der Waals surface area contributed by atoms with Gasteiger partial charge in [0.05, 0.1) is 0 Å². The van der Waals surface area contributed by atoms with Gasteiger partial charge in [0, 0.05) is 12.8 Å². The normalized spacial score (nSPS) is 10.3. The van der Waals surface area contributed by atoms with Gasteiger partial charge in [0.15, 0.2) is 0 Å². The number of carbonyl (C=O) groups is 1. The Balaban J connectivity index is 2.03. The van der Waals surface area contributed by atoms with Crippen molar-refractivity contribution in [2.75, 3.05) is 0 Å². The SMILES string of the molecule is Cc1cccc(CC(=O)Cc2ccccc2C)c1. The van der Waals surface area contributed by atoms with Gasteiger partial charge < -0.3 is 0 Å². The highest BCUT2D eigenvalue weighted by atomic mass is 16.1. The van der Waals surface area contributed by atoms with Crippen LogP contribution in [0.3, 0.4) is 0 Å². The zero-order chi connectivity index (χ0) is 13.0. The molecule has 18 heavy (non-hydrogen) atoms. The minimum atomic E-state index is 0.273. The van der Waals surface area contributed by atoms with Crippen LogP contribution < -0.4 is 0 Å². The van der Waals surface area contributed by atoms with Crippen LogP contribution in [0.5, 0.6) is 0 Å². The Morgan fingerprint density at radius 2 is 1.72 bits per heavy atom. The molecule has 2 aromatic carbocycles. The van der Waals surface area contributed by atoms with Gasteiger partial charge in [0.2, 0.25) is 0 Å². The molecule has 0 amide bonds. The van der Waals surface area contributed by atoms with Crippen LogP contribution in [0.4, 0.5) is 0 Å². The van der Waals surface area contributed by atoms with Gasteiger partial charge in [-0.3, -0.25) is 4.79 Å². The summed E-state index contributed by atoms with van der Waals surface area (Å²) in [4.78, 5) is 12.0. The highest BCUT2D eigenvalue weighted by molar-refractivity contribution is 5.83. The summed E-state index contributed by atoms with van der Waals surface area (Å²) in [5, 5.41) is 0. The number of aryl methyl sites for hydroxylation is 2. The molecular formula is C17H18O. The maximum Gasteiger partial charge on any atom is 0.141 e. The van der Waals surface area contributed by atoms with E-state index in [0.717, 1.165) is 11.1 Å². The van der Waals surface area contributed by atoms with E-state index in [9.17, 15) is 4.79 Å². The highest BCUT2D eigenvalue weighted by Gasteiger charge is 2.07. The first kappa shape index (κ1) is 12.6. The van der Waals surface area contributed by atoms with Crippen LogP contribution in [-0.4, -0.2) is 5.78 Å². The molecule has 0 atom stereocenters. The summed E-state index contributed by atoms with van der Waals surface area (Å²) in [5.74, 6) is 0.273. The standard InChI is InChI=1S/C17H18O/c1-13-6-5-8-15(10-13)11-17(18)12-16-9-4-3-7-14(16)2/h3-10H,11-12H2,1-2H3. The minimum Gasteiger partial charge on any atom is -0.299 e. The van der Waals surface area contributed by atoms with Gasteiger partial charge in [-0.1, -0.05) is 54.1 Å². The number of Topliss-reactive ketones (excluding diaryl/α,β-unsaturated/α-hetero) is 1. The molecule has 0 saturated carbocycles. The number of carbonyl (C=O) groups excluding carboxylic acids is 1. The van der Waals surface area contributed by atoms with E-state index in [0.29, 0.717) is 12.8 Å². The van der Waals surface area contributed by atoms with E-state index in [1.54, 1.807) is 0 Å². The molecule has 0 aromatic heterocycles. The van der Waals surface area contributed by atoms with Crippen LogP contribution in [0.2, 0.25) is 0 Å². The number of benzene rings is 2. The van der Waals surface area contributed by atoms with Gasteiger partial charge >= 0.3 is 0 Å². The molecule has 0 aliphatic heterocycles. The number of hydrogen-bond donors (Lipinski definition) is 0. The average molecular weight is 238 g/mol. The zero-order valence-corrected chi connectivity index (χ0v) is 10.9. The van der Waals surface area contributed by atoms with Crippen molar-refractivity contribution in [2.24, 2.45) is 0 Å². The smallest absolute Gasteiger partial charge is 0.141 e. The van der Waals surface area contributed by atoms with Gasteiger partial charge in [-0.2, -0.15) is 0 Å². The summed E-state index contributed by atoms with van der Waals surface area (Å²) in [6.45, 7) is 4.10. The third kappa shape index (κ3) is 3.30. The number of rotatable bonds is 4. The molecule has 2 rings (SSSR count). The molecule has 92 valence electrons. The van der Waals surface area contributed by atoms with Crippen LogP contribution in [0.15, 0.2) is 48.5 Å². The minimum absolute atomic E-state index is 0.273. The summed E-state index contributed by atoms with van der Waals surface area (Å²) in [5.41, 5.74) is 4.63. The van der Waals surface area contributed by atoms with Crippen molar-refractivity contribution in [3.05, 3.63) is 70.8 Å². The number of hydrogen-bond acceptors (Lipinski definition) is 1. The third-order valence-electron chi connectivity index (χ3n) is 3.13. The molecule has 0 aliphatic rings. The van der Waals surface area contributed by atoms with Gasteiger partial charge in [0.1, 0.15) is 5.78 Å². The van der Waals surface area contributed by atoms with Crippen LogP contribution in [0.25, 0.3) is 0 Å². The molecule has 0 saturated heterocycles. The first-order valence-electron chi connectivity index (χ1n) is 6.27. The van der Waals surface area contributed by atoms with Crippen LogP contribution in [-0.2, 0) is 17.6 Å². The van der Waals surface area contributed by atoms with Crippen LogP contribution in [0.1, 0.15) is 22.3 Å². The lowest BCUT2D eigenvalue weighted by atomic mass is 9.99. The highest BCUT2D eigenvalue weighted by Crippen LogP contribution is 2.11. The van der Waals surface area contributed by atoms with E-state index in [-0.39, 0.29) is 5.78 Å². The van der Waals surface area contributed by atoms with E-state index in [1.807, 2.05) is 30.3 Å². The molecule has 0 bridgehead atoms. The lowest BCUT2D eigenvalue weighted by molar-refractivity contribution is -0.117. The Labute approximate surface area is 108 Å². The second-order valence-corrected chi connectivity index (χ2v) is 4.81. The maximum atomic E-state index is 12.0. The molecule has 0 aliphatic carbocycles. The predicted octanol–water partition coefficient (Wildman–Crippen LogP) is 3.66. The third-order valence-corrected chi connectivity index (χ3v) is 3.13. The van der Waals surface area contributed by atoms with Gasteiger partial charge in [-0.25, -0.2) is 0 Å². The Bertz CT molecular complexity index is 555. The topological polar surface area (TPSA) is 17.1 Å². The Morgan fingerprint density at radius 3 is 2.44 bits per heavy atom. The van der Waals surface area contributed by atoms with E-state index in [4.69, 9.17) is 0 Å².